The first-order chi connectivity index (χ1) is 16.7. The van der Waals surface area contributed by atoms with Crippen LogP contribution in [0.2, 0.25) is 0 Å². The predicted octanol–water partition coefficient (Wildman–Crippen LogP) is 4.87. The molecule has 0 fully saturated rings. The molecule has 0 radical (unpaired) electrons. The van der Waals surface area contributed by atoms with E-state index in [0.717, 1.165) is 28.2 Å². The number of sulfonamides is 1. The molecule has 0 saturated heterocycles. The molecule has 0 aliphatic rings. The van der Waals surface area contributed by atoms with Gasteiger partial charge in [0.15, 0.2) is 0 Å². The summed E-state index contributed by atoms with van der Waals surface area (Å²) in [5, 5.41) is 4.65. The highest BCUT2D eigenvalue weighted by atomic mass is 32.2. The first-order valence-corrected chi connectivity index (χ1v) is 12.7. The molecule has 1 N–H and O–H groups in total. The number of aromatic nitrogens is 2. The van der Waals surface area contributed by atoms with Crippen LogP contribution in [0, 0.1) is 20.8 Å². The summed E-state index contributed by atoms with van der Waals surface area (Å²) in [6.07, 6.45) is 0. The summed E-state index contributed by atoms with van der Waals surface area (Å²) in [7, 11) is -2.14. The van der Waals surface area contributed by atoms with Gasteiger partial charge in [0.1, 0.15) is 0 Å². The zero-order valence-corrected chi connectivity index (χ0v) is 21.0. The second-order valence-electron chi connectivity index (χ2n) is 8.56. The van der Waals surface area contributed by atoms with Crippen molar-refractivity contribution in [2.24, 2.45) is 0 Å². The molecule has 0 aliphatic heterocycles. The minimum Gasteiger partial charge on any atom is -0.337 e. The summed E-state index contributed by atoms with van der Waals surface area (Å²) in [6, 6.07) is 23.0. The lowest BCUT2D eigenvalue weighted by Crippen LogP contribution is -2.27. The molecule has 0 aliphatic carbocycles. The van der Waals surface area contributed by atoms with E-state index in [9.17, 15) is 13.2 Å². The molecule has 180 valence electrons. The second kappa shape index (κ2) is 9.76. The highest BCUT2D eigenvalue weighted by molar-refractivity contribution is 7.92. The SMILES string of the molecule is Cc1ccc(NS(=O)(=O)c2cccc(C(=O)N(C)Cc3c(C)nn(-c4ccccc4)c3C)c2)cc1. The van der Waals surface area contributed by atoms with E-state index in [0.29, 0.717) is 17.8 Å². The molecule has 7 nitrogen and oxygen atoms in total. The topological polar surface area (TPSA) is 84.3 Å². The summed E-state index contributed by atoms with van der Waals surface area (Å²) in [4.78, 5) is 14.8. The minimum absolute atomic E-state index is 0.0292. The van der Waals surface area contributed by atoms with Crippen LogP contribution in [0.3, 0.4) is 0 Å². The average Bonchev–Trinajstić information content (AvgIpc) is 3.13. The van der Waals surface area contributed by atoms with Crippen LogP contribution < -0.4 is 4.72 Å². The number of carbonyl (C=O) groups excluding carboxylic acids is 1. The van der Waals surface area contributed by atoms with E-state index in [2.05, 4.69) is 9.82 Å². The molecule has 4 rings (SSSR count). The number of hydrogen-bond acceptors (Lipinski definition) is 4. The number of para-hydroxylation sites is 1. The molecule has 1 heterocycles. The summed E-state index contributed by atoms with van der Waals surface area (Å²) < 4.78 is 30.2. The maximum Gasteiger partial charge on any atom is 0.261 e. The lowest BCUT2D eigenvalue weighted by atomic mass is 10.1. The van der Waals surface area contributed by atoms with Gasteiger partial charge in [-0.15, -0.1) is 0 Å². The van der Waals surface area contributed by atoms with Crippen LogP contribution in [0.5, 0.6) is 0 Å². The van der Waals surface area contributed by atoms with Gasteiger partial charge in [-0.05, 0) is 63.2 Å². The Balaban J connectivity index is 1.54. The van der Waals surface area contributed by atoms with Crippen molar-refractivity contribution in [3.63, 3.8) is 0 Å². The first-order valence-electron chi connectivity index (χ1n) is 11.2. The fourth-order valence-electron chi connectivity index (χ4n) is 3.89. The van der Waals surface area contributed by atoms with E-state index in [1.165, 1.54) is 12.1 Å². The zero-order valence-electron chi connectivity index (χ0n) is 20.2. The molecular weight excluding hydrogens is 460 g/mol. The van der Waals surface area contributed by atoms with Crippen LogP contribution in [-0.2, 0) is 16.6 Å². The molecule has 0 atom stereocenters. The van der Waals surface area contributed by atoms with Crippen LogP contribution in [0.25, 0.3) is 5.69 Å². The molecular formula is C27H28N4O3S. The number of carbonyl (C=O) groups is 1. The van der Waals surface area contributed by atoms with Crippen molar-refractivity contribution >= 4 is 21.6 Å². The van der Waals surface area contributed by atoms with Gasteiger partial charge in [0.05, 0.1) is 16.3 Å². The molecule has 4 aromatic rings. The molecule has 1 amide bonds. The highest BCUT2D eigenvalue weighted by Crippen LogP contribution is 2.22. The third-order valence-corrected chi connectivity index (χ3v) is 7.26. The van der Waals surface area contributed by atoms with E-state index in [4.69, 9.17) is 0 Å². The largest absolute Gasteiger partial charge is 0.337 e. The van der Waals surface area contributed by atoms with Gasteiger partial charge in [-0.25, -0.2) is 13.1 Å². The number of nitrogens with one attached hydrogen (secondary N) is 1. The smallest absolute Gasteiger partial charge is 0.261 e. The molecule has 35 heavy (non-hydrogen) atoms. The first kappa shape index (κ1) is 24.2. The van der Waals surface area contributed by atoms with Crippen molar-refractivity contribution in [1.82, 2.24) is 14.7 Å². The summed E-state index contributed by atoms with van der Waals surface area (Å²) in [6.45, 7) is 6.18. The van der Waals surface area contributed by atoms with Crippen molar-refractivity contribution < 1.29 is 13.2 Å². The van der Waals surface area contributed by atoms with Crippen molar-refractivity contribution in [2.45, 2.75) is 32.2 Å². The second-order valence-corrected chi connectivity index (χ2v) is 10.2. The fourth-order valence-corrected chi connectivity index (χ4v) is 4.99. The number of rotatable bonds is 7. The molecule has 0 bridgehead atoms. The van der Waals surface area contributed by atoms with Gasteiger partial charge in [-0.1, -0.05) is 42.0 Å². The Labute approximate surface area is 206 Å². The predicted molar refractivity (Wildman–Crippen MR) is 137 cm³/mol. The highest BCUT2D eigenvalue weighted by Gasteiger charge is 2.21. The maximum atomic E-state index is 13.2. The Morgan fingerprint density at radius 2 is 1.63 bits per heavy atom. The van der Waals surface area contributed by atoms with Crippen molar-refractivity contribution in [3.05, 3.63) is 107 Å². The van der Waals surface area contributed by atoms with E-state index >= 15 is 0 Å². The lowest BCUT2D eigenvalue weighted by Gasteiger charge is -2.18. The van der Waals surface area contributed by atoms with Gasteiger partial charge in [0.25, 0.3) is 15.9 Å². The van der Waals surface area contributed by atoms with Crippen LogP contribution in [0.1, 0.15) is 32.9 Å². The number of hydrogen-bond donors (Lipinski definition) is 1. The summed E-state index contributed by atoms with van der Waals surface area (Å²) in [5.41, 5.74) is 5.48. The number of nitrogens with zero attached hydrogens (tertiary/aromatic N) is 3. The third-order valence-electron chi connectivity index (χ3n) is 5.88. The van der Waals surface area contributed by atoms with Gasteiger partial charge in [-0.3, -0.25) is 9.52 Å². The molecule has 8 heteroatoms. The fraction of sp³-hybridized carbons (Fsp3) is 0.185. The van der Waals surface area contributed by atoms with E-state index in [-0.39, 0.29) is 10.8 Å². The Kier molecular flexibility index (Phi) is 6.75. The zero-order chi connectivity index (χ0) is 25.2. The van der Waals surface area contributed by atoms with Gasteiger partial charge >= 0.3 is 0 Å². The third kappa shape index (κ3) is 5.27. The van der Waals surface area contributed by atoms with E-state index in [1.54, 1.807) is 36.2 Å². The van der Waals surface area contributed by atoms with Gasteiger partial charge in [0, 0.05) is 36.1 Å². The van der Waals surface area contributed by atoms with Gasteiger partial charge < -0.3 is 4.90 Å². The van der Waals surface area contributed by atoms with E-state index < -0.39 is 10.0 Å². The summed E-state index contributed by atoms with van der Waals surface area (Å²) in [5.74, 6) is -0.274. The van der Waals surface area contributed by atoms with E-state index in [1.807, 2.05) is 67.9 Å². The van der Waals surface area contributed by atoms with Gasteiger partial charge in [0.2, 0.25) is 0 Å². The Hall–Kier alpha value is -3.91. The standard InChI is InChI=1S/C27H28N4O3S/c1-19-13-15-23(16-14-19)29-35(33,34)25-12-8-9-22(17-25)27(32)30(4)18-26-20(2)28-31(21(26)3)24-10-6-5-7-11-24/h5-17,29H,18H2,1-4H3. The molecule has 0 spiro atoms. The Bertz CT molecular complexity index is 1460. The number of anilines is 1. The number of aryl methyl sites for hydroxylation is 2. The van der Waals surface area contributed by atoms with Crippen LogP contribution >= 0.6 is 0 Å². The van der Waals surface area contributed by atoms with Crippen LogP contribution in [0.15, 0.2) is 83.8 Å². The Morgan fingerprint density at radius 1 is 0.943 bits per heavy atom. The maximum absolute atomic E-state index is 13.2. The molecule has 0 unspecified atom stereocenters. The van der Waals surface area contributed by atoms with Crippen LogP contribution in [0.4, 0.5) is 5.69 Å². The average molecular weight is 489 g/mol. The van der Waals surface area contributed by atoms with Crippen LogP contribution in [-0.4, -0.2) is 36.1 Å². The van der Waals surface area contributed by atoms with Crippen molar-refractivity contribution in [1.29, 1.82) is 0 Å². The number of benzene rings is 3. The van der Waals surface area contributed by atoms with Crippen molar-refractivity contribution in [2.75, 3.05) is 11.8 Å². The Morgan fingerprint density at radius 3 is 2.31 bits per heavy atom. The van der Waals surface area contributed by atoms with Gasteiger partial charge in [-0.2, -0.15) is 5.10 Å². The number of amides is 1. The minimum atomic E-state index is -3.84. The quantitative estimate of drug-likeness (QED) is 0.402. The molecule has 1 aromatic heterocycles. The van der Waals surface area contributed by atoms with Crippen molar-refractivity contribution in [3.8, 4) is 5.69 Å². The normalized spacial score (nSPS) is 11.3. The lowest BCUT2D eigenvalue weighted by molar-refractivity contribution is 0.0784. The molecule has 3 aromatic carbocycles. The monoisotopic (exact) mass is 488 g/mol. The molecule has 0 saturated carbocycles. The summed E-state index contributed by atoms with van der Waals surface area (Å²) >= 11 is 0.